The van der Waals surface area contributed by atoms with E-state index in [9.17, 15) is 8.42 Å². The van der Waals surface area contributed by atoms with Crippen LogP contribution in [0.1, 0.15) is 11.3 Å². The molecule has 1 aliphatic rings. The standard InChI is InChI=1S/C7H7N3O2S/c1-5-2-7-6(3-8-5)4-9-13(11,12)10-7/h2-4,10H,1H3. The van der Waals surface area contributed by atoms with Crippen LogP contribution < -0.4 is 4.72 Å². The van der Waals surface area contributed by atoms with Gasteiger partial charge in [0.25, 0.3) is 0 Å². The number of pyridine rings is 1. The number of fused-ring (bicyclic) bond motifs is 1. The Kier molecular flexibility index (Phi) is 1.59. The lowest BCUT2D eigenvalue weighted by Crippen LogP contribution is -2.15. The highest BCUT2D eigenvalue weighted by molar-refractivity contribution is 7.91. The van der Waals surface area contributed by atoms with Crippen molar-refractivity contribution in [3.05, 3.63) is 23.5 Å². The van der Waals surface area contributed by atoms with E-state index in [1.165, 1.54) is 6.21 Å². The SMILES string of the molecule is Cc1cc2c(cn1)C=NS(=O)(=O)N2. The van der Waals surface area contributed by atoms with Crippen LogP contribution in [0.4, 0.5) is 5.69 Å². The number of hydrogen-bond acceptors (Lipinski definition) is 3. The lowest BCUT2D eigenvalue weighted by Gasteiger charge is -2.11. The lowest BCUT2D eigenvalue weighted by atomic mass is 10.2. The molecule has 2 heterocycles. The quantitative estimate of drug-likeness (QED) is 0.657. The monoisotopic (exact) mass is 197 g/mol. The van der Waals surface area contributed by atoms with Gasteiger partial charge in [-0.05, 0) is 13.0 Å². The number of rotatable bonds is 0. The summed E-state index contributed by atoms with van der Waals surface area (Å²) in [5.41, 5.74) is 1.97. The summed E-state index contributed by atoms with van der Waals surface area (Å²) in [6.07, 6.45) is 2.86. The van der Waals surface area contributed by atoms with Crippen molar-refractivity contribution in [2.24, 2.45) is 4.40 Å². The number of hydrogen-bond donors (Lipinski definition) is 1. The molecule has 0 fully saturated rings. The van der Waals surface area contributed by atoms with E-state index in [0.717, 1.165) is 5.69 Å². The van der Waals surface area contributed by atoms with E-state index in [-0.39, 0.29) is 0 Å². The first-order valence-electron chi connectivity index (χ1n) is 3.61. The molecule has 13 heavy (non-hydrogen) atoms. The summed E-state index contributed by atoms with van der Waals surface area (Å²) >= 11 is 0. The summed E-state index contributed by atoms with van der Waals surface area (Å²) in [5.74, 6) is 0. The third-order valence-corrected chi connectivity index (χ3v) is 2.50. The van der Waals surface area contributed by atoms with Crippen LogP contribution in [0.5, 0.6) is 0 Å². The Bertz CT molecular complexity index is 479. The molecule has 68 valence electrons. The summed E-state index contributed by atoms with van der Waals surface area (Å²) in [6.45, 7) is 1.79. The fraction of sp³-hybridized carbons (Fsp3) is 0.143. The molecule has 0 saturated carbocycles. The van der Waals surface area contributed by atoms with Gasteiger partial charge in [0.15, 0.2) is 0 Å². The highest BCUT2D eigenvalue weighted by atomic mass is 32.2. The van der Waals surface area contributed by atoms with Crippen LogP contribution in [0.3, 0.4) is 0 Å². The van der Waals surface area contributed by atoms with Crippen molar-refractivity contribution in [3.63, 3.8) is 0 Å². The van der Waals surface area contributed by atoms with E-state index >= 15 is 0 Å². The summed E-state index contributed by atoms with van der Waals surface area (Å²) in [4.78, 5) is 4.01. The molecule has 1 aromatic rings. The Balaban J connectivity index is 2.60. The van der Waals surface area contributed by atoms with Gasteiger partial charge in [0, 0.05) is 17.5 Å². The fourth-order valence-electron chi connectivity index (χ4n) is 1.05. The molecule has 1 aliphatic heterocycles. The summed E-state index contributed by atoms with van der Waals surface area (Å²) < 4.78 is 27.6. The maximum Gasteiger partial charge on any atom is 0.342 e. The van der Waals surface area contributed by atoms with Crippen LogP contribution in [0.25, 0.3) is 0 Å². The minimum Gasteiger partial charge on any atom is -0.264 e. The second kappa shape index (κ2) is 2.53. The van der Waals surface area contributed by atoms with E-state index in [1.807, 2.05) is 0 Å². The number of anilines is 1. The molecule has 0 radical (unpaired) electrons. The largest absolute Gasteiger partial charge is 0.342 e. The summed E-state index contributed by atoms with van der Waals surface area (Å²) in [5, 5.41) is 0. The Morgan fingerprint density at radius 2 is 2.23 bits per heavy atom. The Morgan fingerprint density at radius 1 is 1.46 bits per heavy atom. The molecule has 0 spiro atoms. The average molecular weight is 197 g/mol. The van der Waals surface area contributed by atoms with E-state index in [2.05, 4.69) is 14.1 Å². The van der Waals surface area contributed by atoms with Gasteiger partial charge in [-0.25, -0.2) is 0 Å². The molecule has 1 aromatic heterocycles. The summed E-state index contributed by atoms with van der Waals surface area (Å²) in [6, 6.07) is 1.66. The molecule has 0 aromatic carbocycles. The zero-order valence-corrected chi connectivity index (χ0v) is 7.67. The number of aryl methyl sites for hydroxylation is 1. The molecule has 0 atom stereocenters. The van der Waals surface area contributed by atoms with Gasteiger partial charge in [-0.15, -0.1) is 0 Å². The molecule has 0 saturated heterocycles. The Hall–Kier alpha value is -1.43. The molecule has 0 bridgehead atoms. The topological polar surface area (TPSA) is 71.4 Å². The molecule has 1 N–H and O–H groups in total. The van der Waals surface area contributed by atoms with Crippen molar-refractivity contribution in [2.45, 2.75) is 6.92 Å². The molecular weight excluding hydrogens is 190 g/mol. The van der Waals surface area contributed by atoms with Crippen molar-refractivity contribution in [1.29, 1.82) is 0 Å². The van der Waals surface area contributed by atoms with Crippen LogP contribution >= 0.6 is 0 Å². The van der Waals surface area contributed by atoms with Crippen molar-refractivity contribution in [1.82, 2.24) is 4.98 Å². The van der Waals surface area contributed by atoms with Gasteiger partial charge < -0.3 is 0 Å². The molecule has 0 amide bonds. The van der Waals surface area contributed by atoms with Gasteiger partial charge >= 0.3 is 10.2 Å². The van der Waals surface area contributed by atoms with Crippen LogP contribution in [0.15, 0.2) is 16.7 Å². The zero-order chi connectivity index (χ0) is 9.47. The second-order valence-corrected chi connectivity index (χ2v) is 4.09. The van der Waals surface area contributed by atoms with Crippen molar-refractivity contribution in [3.8, 4) is 0 Å². The minimum absolute atomic E-state index is 0.530. The number of aromatic nitrogens is 1. The van der Waals surface area contributed by atoms with Crippen LogP contribution in [0.2, 0.25) is 0 Å². The number of nitrogens with zero attached hydrogens (tertiary/aromatic N) is 2. The van der Waals surface area contributed by atoms with Gasteiger partial charge in [0.2, 0.25) is 0 Å². The molecular formula is C7H7N3O2S. The highest BCUT2D eigenvalue weighted by Crippen LogP contribution is 2.19. The minimum atomic E-state index is -3.52. The molecule has 0 unspecified atom stereocenters. The van der Waals surface area contributed by atoms with Gasteiger partial charge in [0.1, 0.15) is 0 Å². The predicted octanol–water partition coefficient (Wildman–Crippen LogP) is 0.479. The molecule has 5 nitrogen and oxygen atoms in total. The van der Waals surface area contributed by atoms with Gasteiger partial charge in [-0.3, -0.25) is 9.71 Å². The maximum absolute atomic E-state index is 11.0. The zero-order valence-electron chi connectivity index (χ0n) is 6.85. The second-order valence-electron chi connectivity index (χ2n) is 2.72. The molecule has 0 aliphatic carbocycles. The van der Waals surface area contributed by atoms with E-state index in [0.29, 0.717) is 11.3 Å². The molecule has 2 rings (SSSR count). The molecule has 6 heteroatoms. The first kappa shape index (κ1) is 8.18. The third kappa shape index (κ3) is 1.52. The van der Waals surface area contributed by atoms with E-state index < -0.39 is 10.2 Å². The van der Waals surface area contributed by atoms with Gasteiger partial charge in [0.05, 0.1) is 11.9 Å². The van der Waals surface area contributed by atoms with Crippen LogP contribution in [-0.4, -0.2) is 19.6 Å². The first-order chi connectivity index (χ1) is 6.07. The van der Waals surface area contributed by atoms with Crippen molar-refractivity contribution in [2.75, 3.05) is 4.72 Å². The average Bonchev–Trinajstić information content (AvgIpc) is 2.01. The number of nitrogens with one attached hydrogen (secondary N) is 1. The Labute approximate surface area is 75.7 Å². The van der Waals surface area contributed by atoms with Gasteiger partial charge in [-0.2, -0.15) is 12.8 Å². The van der Waals surface area contributed by atoms with Gasteiger partial charge in [-0.1, -0.05) is 0 Å². The van der Waals surface area contributed by atoms with Crippen molar-refractivity contribution < 1.29 is 8.42 Å². The maximum atomic E-state index is 11.0. The summed E-state index contributed by atoms with van der Waals surface area (Å²) in [7, 11) is -3.52. The van der Waals surface area contributed by atoms with Crippen LogP contribution in [0, 0.1) is 6.92 Å². The van der Waals surface area contributed by atoms with E-state index in [4.69, 9.17) is 0 Å². The first-order valence-corrected chi connectivity index (χ1v) is 5.05. The van der Waals surface area contributed by atoms with E-state index in [1.54, 1.807) is 19.2 Å². The fourth-order valence-corrected chi connectivity index (χ4v) is 1.81. The normalized spacial score (nSPS) is 17.6. The Morgan fingerprint density at radius 3 is 3.00 bits per heavy atom. The lowest BCUT2D eigenvalue weighted by molar-refractivity contribution is 0.603. The van der Waals surface area contributed by atoms with Crippen molar-refractivity contribution >= 4 is 22.1 Å². The highest BCUT2D eigenvalue weighted by Gasteiger charge is 2.15. The third-order valence-electron chi connectivity index (χ3n) is 1.64. The smallest absolute Gasteiger partial charge is 0.264 e. The predicted molar refractivity (Wildman–Crippen MR) is 49.1 cm³/mol. The van der Waals surface area contributed by atoms with Crippen LogP contribution in [-0.2, 0) is 10.2 Å².